The van der Waals surface area contributed by atoms with Crippen LogP contribution in [0.2, 0.25) is 0 Å². The van der Waals surface area contributed by atoms with Crippen LogP contribution in [0, 0.1) is 6.92 Å². The molecule has 0 bridgehead atoms. The van der Waals surface area contributed by atoms with Crippen LogP contribution in [-0.2, 0) is 14.3 Å². The Morgan fingerprint density at radius 2 is 1.70 bits per heavy atom. The number of hydrogen-bond donors (Lipinski definition) is 1. The van der Waals surface area contributed by atoms with E-state index in [1.165, 1.54) is 24.2 Å². The standard InChI is InChI=1S/C24H37N3O5S/c1-17-16-33-21(20(17)25-19(28)15-26-11-7-5-6-8-12-26)22(29)31-18-9-13-27(14-10-18)23(30)32-24(2,3)4/h16,18H,5-15H2,1-4H3,(H,25,28). The summed E-state index contributed by atoms with van der Waals surface area (Å²) >= 11 is 1.29. The van der Waals surface area contributed by atoms with Crippen molar-refractivity contribution in [2.75, 3.05) is 38.0 Å². The second-order valence-electron chi connectivity index (χ2n) is 9.93. The van der Waals surface area contributed by atoms with Gasteiger partial charge in [-0.3, -0.25) is 9.69 Å². The molecule has 2 saturated heterocycles. The molecule has 0 aromatic carbocycles. The van der Waals surface area contributed by atoms with Crippen LogP contribution in [0.3, 0.4) is 0 Å². The Bertz CT molecular complexity index is 832. The van der Waals surface area contributed by atoms with Crippen molar-refractivity contribution in [1.82, 2.24) is 9.80 Å². The molecule has 33 heavy (non-hydrogen) atoms. The number of hydrogen-bond acceptors (Lipinski definition) is 7. The number of amides is 2. The number of esters is 1. The molecule has 0 aliphatic carbocycles. The molecule has 0 spiro atoms. The van der Waals surface area contributed by atoms with Crippen LogP contribution >= 0.6 is 11.3 Å². The summed E-state index contributed by atoms with van der Waals surface area (Å²) in [5, 5.41) is 4.81. The van der Waals surface area contributed by atoms with Crippen molar-refractivity contribution >= 4 is 35.0 Å². The zero-order chi connectivity index (χ0) is 24.0. The average molecular weight is 480 g/mol. The van der Waals surface area contributed by atoms with Gasteiger partial charge in [0.05, 0.1) is 12.2 Å². The van der Waals surface area contributed by atoms with Crippen LogP contribution in [0.25, 0.3) is 0 Å². The first-order valence-corrected chi connectivity index (χ1v) is 12.8. The van der Waals surface area contributed by atoms with Crippen LogP contribution in [0.5, 0.6) is 0 Å². The topological polar surface area (TPSA) is 88.2 Å². The zero-order valence-corrected chi connectivity index (χ0v) is 21.1. The molecule has 2 aliphatic heterocycles. The van der Waals surface area contributed by atoms with E-state index in [1.54, 1.807) is 4.90 Å². The molecule has 0 radical (unpaired) electrons. The van der Waals surface area contributed by atoms with Gasteiger partial charge < -0.3 is 19.7 Å². The smallest absolute Gasteiger partial charge is 0.410 e. The lowest BCUT2D eigenvalue weighted by atomic mass is 10.1. The van der Waals surface area contributed by atoms with Crippen molar-refractivity contribution in [2.45, 2.75) is 77.9 Å². The normalized spacial score (nSPS) is 18.5. The lowest BCUT2D eigenvalue weighted by molar-refractivity contribution is -0.117. The second kappa shape index (κ2) is 11.3. The Hall–Kier alpha value is -2.13. The molecule has 1 aromatic heterocycles. The predicted molar refractivity (Wildman–Crippen MR) is 129 cm³/mol. The Balaban J connectivity index is 1.52. The van der Waals surface area contributed by atoms with E-state index in [-0.39, 0.29) is 18.1 Å². The number of likely N-dealkylation sites (tertiary alicyclic amines) is 2. The molecule has 9 heteroatoms. The summed E-state index contributed by atoms with van der Waals surface area (Å²) in [7, 11) is 0. The van der Waals surface area contributed by atoms with Gasteiger partial charge in [0.2, 0.25) is 5.91 Å². The lowest BCUT2D eigenvalue weighted by Crippen LogP contribution is -2.43. The third-order valence-corrected chi connectivity index (χ3v) is 6.94. The molecule has 2 fully saturated rings. The molecular weight excluding hydrogens is 442 g/mol. The molecule has 1 aromatic rings. The summed E-state index contributed by atoms with van der Waals surface area (Å²) in [5.41, 5.74) is 0.873. The molecule has 0 saturated carbocycles. The van der Waals surface area contributed by atoms with Gasteiger partial charge in [-0.2, -0.15) is 0 Å². The Morgan fingerprint density at radius 3 is 2.30 bits per heavy atom. The quantitative estimate of drug-likeness (QED) is 0.629. The van der Waals surface area contributed by atoms with Crippen molar-refractivity contribution in [3.8, 4) is 0 Å². The minimum Gasteiger partial charge on any atom is -0.458 e. The van der Waals surface area contributed by atoms with Gasteiger partial charge in [-0.05, 0) is 64.6 Å². The maximum atomic E-state index is 12.9. The van der Waals surface area contributed by atoms with E-state index in [4.69, 9.17) is 9.47 Å². The van der Waals surface area contributed by atoms with Gasteiger partial charge in [-0.15, -0.1) is 11.3 Å². The SMILES string of the molecule is Cc1csc(C(=O)OC2CCN(C(=O)OC(C)(C)C)CC2)c1NC(=O)CN1CCCCCC1. The summed E-state index contributed by atoms with van der Waals surface area (Å²) < 4.78 is 11.2. The minimum atomic E-state index is -0.536. The molecule has 2 amide bonds. The summed E-state index contributed by atoms with van der Waals surface area (Å²) in [6.07, 6.45) is 5.19. The Kier molecular flexibility index (Phi) is 8.75. The van der Waals surface area contributed by atoms with Crippen LogP contribution in [0.4, 0.5) is 10.5 Å². The van der Waals surface area contributed by atoms with Crippen molar-refractivity contribution < 1.29 is 23.9 Å². The molecule has 2 aliphatic rings. The van der Waals surface area contributed by atoms with Crippen molar-refractivity contribution in [2.24, 2.45) is 0 Å². The Morgan fingerprint density at radius 1 is 1.06 bits per heavy atom. The van der Waals surface area contributed by atoms with Gasteiger partial charge in [0, 0.05) is 25.9 Å². The molecule has 0 atom stereocenters. The molecule has 184 valence electrons. The number of carbonyl (C=O) groups is 3. The monoisotopic (exact) mass is 479 g/mol. The first kappa shape index (κ1) is 25.5. The highest BCUT2D eigenvalue weighted by Crippen LogP contribution is 2.30. The maximum Gasteiger partial charge on any atom is 0.410 e. The van der Waals surface area contributed by atoms with E-state index < -0.39 is 11.6 Å². The second-order valence-corrected chi connectivity index (χ2v) is 10.8. The highest BCUT2D eigenvalue weighted by atomic mass is 32.1. The number of thiophene rings is 1. The van der Waals surface area contributed by atoms with E-state index >= 15 is 0 Å². The summed E-state index contributed by atoms with van der Waals surface area (Å²) in [4.78, 5) is 42.0. The van der Waals surface area contributed by atoms with Crippen molar-refractivity contribution in [3.05, 3.63) is 15.8 Å². The number of nitrogens with zero attached hydrogens (tertiary/aromatic N) is 2. The van der Waals surface area contributed by atoms with Crippen LogP contribution in [-0.4, -0.2) is 72.2 Å². The fourth-order valence-electron chi connectivity index (χ4n) is 4.11. The summed E-state index contributed by atoms with van der Waals surface area (Å²) in [5.74, 6) is -0.521. The van der Waals surface area contributed by atoms with Gasteiger partial charge in [0.25, 0.3) is 0 Å². The molecule has 0 unspecified atom stereocenters. The third-order valence-electron chi connectivity index (χ3n) is 5.86. The number of rotatable bonds is 5. The van der Waals surface area contributed by atoms with Crippen LogP contribution < -0.4 is 5.32 Å². The number of ether oxygens (including phenoxy) is 2. The first-order chi connectivity index (χ1) is 15.6. The number of carbonyl (C=O) groups excluding carboxylic acids is 3. The predicted octanol–water partition coefficient (Wildman–Crippen LogP) is 4.43. The molecule has 3 heterocycles. The number of anilines is 1. The number of nitrogens with one attached hydrogen (secondary N) is 1. The van der Waals surface area contributed by atoms with Crippen molar-refractivity contribution in [1.29, 1.82) is 0 Å². The summed E-state index contributed by atoms with van der Waals surface area (Å²) in [6, 6.07) is 0. The lowest BCUT2D eigenvalue weighted by Gasteiger charge is -2.33. The molecule has 3 rings (SSSR count). The third kappa shape index (κ3) is 7.71. The van der Waals surface area contributed by atoms with E-state index in [0.717, 1.165) is 31.5 Å². The van der Waals surface area contributed by atoms with E-state index in [2.05, 4.69) is 10.2 Å². The number of piperidine rings is 1. The highest BCUT2D eigenvalue weighted by Gasteiger charge is 2.30. The summed E-state index contributed by atoms with van der Waals surface area (Å²) in [6.45, 7) is 10.6. The Labute approximate surface area is 200 Å². The van der Waals surface area contributed by atoms with Gasteiger partial charge in [-0.1, -0.05) is 12.8 Å². The van der Waals surface area contributed by atoms with Gasteiger partial charge >= 0.3 is 12.1 Å². The van der Waals surface area contributed by atoms with Gasteiger partial charge in [0.15, 0.2) is 0 Å². The first-order valence-electron chi connectivity index (χ1n) is 11.9. The fourth-order valence-corrected chi connectivity index (χ4v) is 5.00. The fraction of sp³-hybridized carbons (Fsp3) is 0.708. The largest absolute Gasteiger partial charge is 0.458 e. The molecule has 1 N–H and O–H groups in total. The minimum absolute atomic E-state index is 0.0990. The molecule has 8 nitrogen and oxygen atoms in total. The van der Waals surface area contributed by atoms with E-state index in [0.29, 0.717) is 43.0 Å². The zero-order valence-electron chi connectivity index (χ0n) is 20.3. The van der Waals surface area contributed by atoms with E-state index in [9.17, 15) is 14.4 Å². The van der Waals surface area contributed by atoms with E-state index in [1.807, 2.05) is 33.1 Å². The van der Waals surface area contributed by atoms with Crippen molar-refractivity contribution in [3.63, 3.8) is 0 Å². The molecular formula is C24H37N3O5S. The average Bonchev–Trinajstić information content (AvgIpc) is 2.93. The van der Waals surface area contributed by atoms with Crippen LogP contribution in [0.15, 0.2) is 5.38 Å². The van der Waals surface area contributed by atoms with Gasteiger partial charge in [0.1, 0.15) is 16.6 Å². The number of aryl methyl sites for hydroxylation is 1. The van der Waals surface area contributed by atoms with Gasteiger partial charge in [-0.25, -0.2) is 9.59 Å². The maximum absolute atomic E-state index is 12.9. The highest BCUT2D eigenvalue weighted by molar-refractivity contribution is 7.12. The van der Waals surface area contributed by atoms with Crippen LogP contribution in [0.1, 0.15) is 74.5 Å².